The molecule has 1 heterocycles. The molecule has 1 aliphatic heterocycles. The van der Waals surface area contributed by atoms with Gasteiger partial charge in [-0.3, -0.25) is 9.69 Å². The fourth-order valence-corrected chi connectivity index (χ4v) is 2.31. The minimum absolute atomic E-state index is 0.120. The molecule has 0 aromatic heterocycles. The predicted octanol–water partition coefficient (Wildman–Crippen LogP) is 1.20. The summed E-state index contributed by atoms with van der Waals surface area (Å²) in [7, 11) is 0. The zero-order valence-electron chi connectivity index (χ0n) is 9.93. The van der Waals surface area contributed by atoms with Crippen LogP contribution in [0.4, 0.5) is 0 Å². The van der Waals surface area contributed by atoms with Crippen LogP contribution >= 0.6 is 0 Å². The van der Waals surface area contributed by atoms with E-state index in [1.165, 1.54) is 0 Å². The summed E-state index contributed by atoms with van der Waals surface area (Å²) in [6.45, 7) is 9.29. The standard InChI is InChI=1S/C11H21NO3/c1-7(2)10(11(13)14)12-5-8(3)15-9(4)6-12/h7-10H,5-6H2,1-4H3,(H,13,14)/t8-,9+,10-/m0/s1. The van der Waals surface area contributed by atoms with Gasteiger partial charge in [-0.05, 0) is 19.8 Å². The Bertz CT molecular complexity index is 220. The minimum atomic E-state index is -0.730. The second-order valence-electron chi connectivity index (χ2n) is 4.74. The first-order chi connectivity index (χ1) is 6.91. The molecule has 1 N–H and O–H groups in total. The quantitative estimate of drug-likeness (QED) is 0.768. The summed E-state index contributed by atoms with van der Waals surface area (Å²) < 4.78 is 5.59. The van der Waals surface area contributed by atoms with E-state index in [0.29, 0.717) is 13.1 Å². The van der Waals surface area contributed by atoms with Gasteiger partial charge in [0, 0.05) is 13.1 Å². The van der Waals surface area contributed by atoms with E-state index < -0.39 is 12.0 Å². The Morgan fingerprint density at radius 3 is 2.13 bits per heavy atom. The Kier molecular flexibility index (Phi) is 4.11. The Morgan fingerprint density at radius 2 is 1.80 bits per heavy atom. The van der Waals surface area contributed by atoms with Gasteiger partial charge >= 0.3 is 5.97 Å². The molecule has 1 saturated heterocycles. The van der Waals surface area contributed by atoms with Crippen LogP contribution in [0.3, 0.4) is 0 Å². The molecular formula is C11H21NO3. The summed E-state index contributed by atoms with van der Waals surface area (Å²) in [4.78, 5) is 13.2. The molecule has 88 valence electrons. The molecule has 4 heteroatoms. The summed E-state index contributed by atoms with van der Waals surface area (Å²) >= 11 is 0. The molecule has 0 unspecified atom stereocenters. The summed E-state index contributed by atoms with van der Waals surface area (Å²) in [5.74, 6) is -0.605. The van der Waals surface area contributed by atoms with E-state index in [9.17, 15) is 9.90 Å². The Balaban J connectivity index is 2.70. The topological polar surface area (TPSA) is 49.8 Å². The van der Waals surface area contributed by atoms with E-state index in [-0.39, 0.29) is 18.1 Å². The smallest absolute Gasteiger partial charge is 0.321 e. The zero-order chi connectivity index (χ0) is 11.6. The van der Waals surface area contributed by atoms with Crippen LogP contribution in [0.25, 0.3) is 0 Å². The third-order valence-electron chi connectivity index (χ3n) is 2.73. The van der Waals surface area contributed by atoms with Crippen molar-refractivity contribution >= 4 is 5.97 Å². The lowest BCUT2D eigenvalue weighted by Crippen LogP contribution is -2.54. The normalized spacial score (nSPS) is 30.5. The van der Waals surface area contributed by atoms with Gasteiger partial charge in [0.05, 0.1) is 12.2 Å². The van der Waals surface area contributed by atoms with Crippen LogP contribution in [0.5, 0.6) is 0 Å². The molecule has 0 saturated carbocycles. The lowest BCUT2D eigenvalue weighted by atomic mass is 10.0. The van der Waals surface area contributed by atoms with Gasteiger partial charge in [0.25, 0.3) is 0 Å². The number of aliphatic carboxylic acids is 1. The monoisotopic (exact) mass is 215 g/mol. The number of carboxylic acids is 1. The van der Waals surface area contributed by atoms with Crippen LogP contribution in [0, 0.1) is 5.92 Å². The van der Waals surface area contributed by atoms with E-state index in [1.807, 2.05) is 32.6 Å². The predicted molar refractivity (Wildman–Crippen MR) is 57.8 cm³/mol. The Morgan fingerprint density at radius 1 is 1.33 bits per heavy atom. The number of nitrogens with zero attached hydrogens (tertiary/aromatic N) is 1. The molecular weight excluding hydrogens is 194 g/mol. The van der Waals surface area contributed by atoms with Gasteiger partial charge in [-0.2, -0.15) is 0 Å². The van der Waals surface area contributed by atoms with Gasteiger partial charge in [-0.15, -0.1) is 0 Å². The number of morpholine rings is 1. The summed E-state index contributed by atoms with van der Waals surface area (Å²) in [5.41, 5.74) is 0. The first-order valence-electron chi connectivity index (χ1n) is 5.54. The molecule has 1 aliphatic rings. The van der Waals surface area contributed by atoms with Crippen molar-refractivity contribution in [1.82, 2.24) is 4.90 Å². The zero-order valence-corrected chi connectivity index (χ0v) is 9.93. The third kappa shape index (κ3) is 3.18. The molecule has 4 nitrogen and oxygen atoms in total. The van der Waals surface area contributed by atoms with E-state index >= 15 is 0 Å². The highest BCUT2D eigenvalue weighted by Gasteiger charge is 2.33. The van der Waals surface area contributed by atoms with Crippen LogP contribution in [0.15, 0.2) is 0 Å². The average molecular weight is 215 g/mol. The second kappa shape index (κ2) is 4.94. The lowest BCUT2D eigenvalue weighted by molar-refractivity contribution is -0.151. The largest absolute Gasteiger partial charge is 0.480 e. The van der Waals surface area contributed by atoms with Crippen molar-refractivity contribution in [3.05, 3.63) is 0 Å². The number of ether oxygens (including phenoxy) is 1. The van der Waals surface area contributed by atoms with Crippen molar-refractivity contribution in [2.45, 2.75) is 45.9 Å². The number of hydrogen-bond acceptors (Lipinski definition) is 3. The number of carboxylic acid groups (broad SMARTS) is 1. The minimum Gasteiger partial charge on any atom is -0.480 e. The van der Waals surface area contributed by atoms with Crippen LogP contribution in [0.1, 0.15) is 27.7 Å². The SMILES string of the molecule is CC(C)[C@@H](C(=O)O)N1C[C@@H](C)O[C@@H](C)C1. The summed E-state index contributed by atoms with van der Waals surface area (Å²) in [6, 6.07) is -0.390. The number of carbonyl (C=O) groups is 1. The maximum Gasteiger partial charge on any atom is 0.321 e. The maximum absolute atomic E-state index is 11.2. The fourth-order valence-electron chi connectivity index (χ4n) is 2.31. The lowest BCUT2D eigenvalue weighted by Gasteiger charge is -2.39. The molecule has 0 aliphatic carbocycles. The van der Waals surface area contributed by atoms with Gasteiger partial charge in [-0.25, -0.2) is 0 Å². The molecule has 1 rings (SSSR count). The molecule has 1 fully saturated rings. The van der Waals surface area contributed by atoms with Crippen molar-refractivity contribution in [2.75, 3.05) is 13.1 Å². The Labute approximate surface area is 91.2 Å². The van der Waals surface area contributed by atoms with Gasteiger partial charge in [0.15, 0.2) is 0 Å². The number of hydrogen-bond donors (Lipinski definition) is 1. The van der Waals surface area contributed by atoms with Gasteiger partial charge < -0.3 is 9.84 Å². The molecule has 0 spiro atoms. The van der Waals surface area contributed by atoms with Gasteiger partial charge in [-0.1, -0.05) is 13.8 Å². The van der Waals surface area contributed by atoms with Crippen LogP contribution in [-0.2, 0) is 9.53 Å². The van der Waals surface area contributed by atoms with Gasteiger partial charge in [0.2, 0.25) is 0 Å². The molecule has 0 radical (unpaired) electrons. The first-order valence-corrected chi connectivity index (χ1v) is 5.54. The van der Waals surface area contributed by atoms with Crippen LogP contribution in [0.2, 0.25) is 0 Å². The molecule has 3 atom stereocenters. The molecule has 0 aromatic rings. The van der Waals surface area contributed by atoms with Crippen molar-refractivity contribution in [2.24, 2.45) is 5.92 Å². The van der Waals surface area contributed by atoms with Crippen LogP contribution in [-0.4, -0.2) is 47.3 Å². The highest BCUT2D eigenvalue weighted by atomic mass is 16.5. The maximum atomic E-state index is 11.2. The van der Waals surface area contributed by atoms with Crippen LogP contribution < -0.4 is 0 Å². The highest BCUT2D eigenvalue weighted by molar-refractivity contribution is 5.73. The molecule has 0 aromatic carbocycles. The van der Waals surface area contributed by atoms with E-state index in [2.05, 4.69) is 0 Å². The Hall–Kier alpha value is -0.610. The van der Waals surface area contributed by atoms with Crippen molar-refractivity contribution in [3.63, 3.8) is 0 Å². The van der Waals surface area contributed by atoms with Crippen molar-refractivity contribution in [3.8, 4) is 0 Å². The molecule has 0 amide bonds. The first kappa shape index (κ1) is 12.5. The average Bonchev–Trinajstić information content (AvgIpc) is 1.99. The van der Waals surface area contributed by atoms with Gasteiger partial charge in [0.1, 0.15) is 6.04 Å². The van der Waals surface area contributed by atoms with E-state index in [1.54, 1.807) is 0 Å². The van der Waals surface area contributed by atoms with Crippen molar-refractivity contribution in [1.29, 1.82) is 0 Å². The highest BCUT2D eigenvalue weighted by Crippen LogP contribution is 2.18. The van der Waals surface area contributed by atoms with E-state index in [0.717, 1.165) is 0 Å². The summed E-state index contributed by atoms with van der Waals surface area (Å²) in [6.07, 6.45) is 0.240. The third-order valence-corrected chi connectivity index (χ3v) is 2.73. The fraction of sp³-hybridized carbons (Fsp3) is 0.909. The molecule has 0 bridgehead atoms. The van der Waals surface area contributed by atoms with E-state index in [4.69, 9.17) is 4.74 Å². The second-order valence-corrected chi connectivity index (χ2v) is 4.74. The molecule has 15 heavy (non-hydrogen) atoms. The number of rotatable bonds is 3. The van der Waals surface area contributed by atoms with Crippen molar-refractivity contribution < 1.29 is 14.6 Å². The summed E-state index contributed by atoms with van der Waals surface area (Å²) in [5, 5.41) is 9.19.